The summed E-state index contributed by atoms with van der Waals surface area (Å²) < 4.78 is 0. The van der Waals surface area contributed by atoms with Crippen molar-refractivity contribution >= 4 is 45.4 Å². The topological polar surface area (TPSA) is 86.5 Å². The van der Waals surface area contributed by atoms with E-state index in [4.69, 9.17) is 0 Å². The third-order valence-corrected chi connectivity index (χ3v) is 4.46. The number of carbonyl (C=O) groups excluding carboxylic acids is 1. The Bertz CT molecular complexity index is 1000. The van der Waals surface area contributed by atoms with E-state index in [2.05, 4.69) is 25.3 Å². The van der Waals surface area contributed by atoms with Crippen LogP contribution in [-0.4, -0.2) is 31.6 Å². The van der Waals surface area contributed by atoms with E-state index in [1.807, 2.05) is 49.4 Å². The van der Waals surface area contributed by atoms with Crippen LogP contribution in [0.3, 0.4) is 0 Å². The van der Waals surface area contributed by atoms with Gasteiger partial charge in [-0.15, -0.1) is 0 Å². The number of thioether (sulfide) groups is 1. The van der Waals surface area contributed by atoms with Crippen molar-refractivity contribution in [3.63, 3.8) is 0 Å². The van der Waals surface area contributed by atoms with E-state index in [1.54, 1.807) is 0 Å². The first-order chi connectivity index (χ1) is 11.7. The number of fused-ring (bicyclic) bond motifs is 2. The Morgan fingerprint density at radius 3 is 2.79 bits per heavy atom. The van der Waals surface area contributed by atoms with E-state index in [-0.39, 0.29) is 5.91 Å². The Morgan fingerprint density at radius 2 is 1.92 bits per heavy atom. The number of benzene rings is 2. The molecule has 0 fully saturated rings. The summed E-state index contributed by atoms with van der Waals surface area (Å²) in [6, 6.07) is 13.4. The minimum absolute atomic E-state index is 0.0731. The molecule has 3 N–H and O–H groups in total. The zero-order valence-corrected chi connectivity index (χ0v) is 13.8. The molecule has 0 aliphatic heterocycles. The monoisotopic (exact) mass is 337 g/mol. The number of carbonyl (C=O) groups is 1. The van der Waals surface area contributed by atoms with Crippen LogP contribution in [0.2, 0.25) is 0 Å². The number of aryl methyl sites for hydroxylation is 1. The summed E-state index contributed by atoms with van der Waals surface area (Å²) in [6.45, 7) is 1.90. The molecule has 2 heterocycles. The van der Waals surface area contributed by atoms with Gasteiger partial charge in [-0.05, 0) is 37.3 Å². The third kappa shape index (κ3) is 2.98. The number of anilines is 1. The maximum atomic E-state index is 12.1. The number of amides is 1. The average Bonchev–Trinajstić information content (AvgIpc) is 3.14. The van der Waals surface area contributed by atoms with E-state index in [1.165, 1.54) is 11.8 Å². The van der Waals surface area contributed by atoms with Gasteiger partial charge in [0.05, 0.1) is 27.8 Å². The maximum absolute atomic E-state index is 12.1. The van der Waals surface area contributed by atoms with Crippen molar-refractivity contribution in [3.05, 3.63) is 48.3 Å². The number of nitrogens with one attached hydrogen (secondary N) is 3. The lowest BCUT2D eigenvalue weighted by molar-refractivity contribution is -0.113. The maximum Gasteiger partial charge on any atom is 0.234 e. The number of imidazole rings is 2. The second-order valence-corrected chi connectivity index (χ2v) is 6.41. The highest BCUT2D eigenvalue weighted by molar-refractivity contribution is 7.99. The fraction of sp³-hybridized carbons (Fsp3) is 0.118. The van der Waals surface area contributed by atoms with Gasteiger partial charge in [0, 0.05) is 5.69 Å². The molecule has 0 radical (unpaired) electrons. The lowest BCUT2D eigenvalue weighted by atomic mass is 10.3. The average molecular weight is 337 g/mol. The van der Waals surface area contributed by atoms with Crippen molar-refractivity contribution in [1.29, 1.82) is 0 Å². The molecule has 4 rings (SSSR count). The van der Waals surface area contributed by atoms with Gasteiger partial charge in [0.2, 0.25) is 5.91 Å². The molecule has 4 aromatic rings. The van der Waals surface area contributed by atoms with Crippen LogP contribution in [0.5, 0.6) is 0 Å². The summed E-state index contributed by atoms with van der Waals surface area (Å²) in [6.07, 6.45) is 0. The van der Waals surface area contributed by atoms with Gasteiger partial charge in [-0.25, -0.2) is 9.97 Å². The molecule has 6 nitrogen and oxygen atoms in total. The van der Waals surface area contributed by atoms with Crippen molar-refractivity contribution in [3.8, 4) is 0 Å². The predicted octanol–water partition coefficient (Wildman–Crippen LogP) is 3.48. The van der Waals surface area contributed by atoms with Crippen LogP contribution in [0, 0.1) is 6.92 Å². The van der Waals surface area contributed by atoms with E-state index in [0.29, 0.717) is 5.75 Å². The van der Waals surface area contributed by atoms with Crippen LogP contribution in [0.4, 0.5) is 5.69 Å². The quantitative estimate of drug-likeness (QED) is 0.498. The van der Waals surface area contributed by atoms with Crippen LogP contribution >= 0.6 is 11.8 Å². The van der Waals surface area contributed by atoms with Gasteiger partial charge in [0.1, 0.15) is 5.82 Å². The van der Waals surface area contributed by atoms with Crippen molar-refractivity contribution < 1.29 is 4.79 Å². The zero-order chi connectivity index (χ0) is 16.5. The van der Waals surface area contributed by atoms with Gasteiger partial charge >= 0.3 is 0 Å². The van der Waals surface area contributed by atoms with Crippen LogP contribution in [0.15, 0.2) is 47.6 Å². The number of aromatic nitrogens is 4. The Labute approximate surface area is 142 Å². The molecule has 0 aliphatic carbocycles. The smallest absolute Gasteiger partial charge is 0.234 e. The van der Waals surface area contributed by atoms with Crippen LogP contribution in [0.1, 0.15) is 5.82 Å². The number of para-hydroxylation sites is 2. The molecule has 0 spiro atoms. The van der Waals surface area contributed by atoms with Gasteiger partial charge in [0.15, 0.2) is 5.16 Å². The number of hydrogen-bond donors (Lipinski definition) is 3. The predicted molar refractivity (Wildman–Crippen MR) is 96.3 cm³/mol. The number of nitrogens with zero attached hydrogens (tertiary/aromatic N) is 2. The molecule has 1 amide bonds. The fourth-order valence-electron chi connectivity index (χ4n) is 2.54. The molecule has 0 bridgehead atoms. The van der Waals surface area contributed by atoms with Gasteiger partial charge in [-0.1, -0.05) is 23.9 Å². The second kappa shape index (κ2) is 6.01. The van der Waals surface area contributed by atoms with Crippen molar-refractivity contribution in [2.24, 2.45) is 0 Å². The van der Waals surface area contributed by atoms with E-state index in [9.17, 15) is 4.79 Å². The molecule has 2 aromatic carbocycles. The Balaban J connectivity index is 1.41. The Kier molecular flexibility index (Phi) is 3.70. The normalized spacial score (nSPS) is 11.2. The SMILES string of the molecule is Cc1nc2ccc(NC(=O)CSc3nc4ccccc4[nH]3)cc2[nH]1. The highest BCUT2D eigenvalue weighted by Crippen LogP contribution is 2.20. The number of H-pyrrole nitrogens is 2. The first-order valence-corrected chi connectivity index (χ1v) is 8.50. The van der Waals surface area contributed by atoms with Gasteiger partial charge in [0.25, 0.3) is 0 Å². The summed E-state index contributed by atoms with van der Waals surface area (Å²) in [5, 5.41) is 3.64. The molecular weight excluding hydrogens is 322 g/mol. The first kappa shape index (κ1) is 14.8. The van der Waals surface area contributed by atoms with Crippen molar-refractivity contribution in [2.75, 3.05) is 11.1 Å². The summed E-state index contributed by atoms with van der Waals surface area (Å²) >= 11 is 1.38. The highest BCUT2D eigenvalue weighted by Gasteiger charge is 2.08. The summed E-state index contributed by atoms with van der Waals surface area (Å²) in [5.41, 5.74) is 4.43. The molecule has 120 valence electrons. The molecule has 0 saturated carbocycles. The molecule has 7 heteroatoms. The summed E-state index contributed by atoms with van der Waals surface area (Å²) in [5.74, 6) is 1.07. The van der Waals surface area contributed by atoms with E-state index in [0.717, 1.165) is 38.7 Å². The number of aromatic amines is 2. The Hall–Kier alpha value is -2.80. The van der Waals surface area contributed by atoms with Gasteiger partial charge in [-0.3, -0.25) is 4.79 Å². The lowest BCUT2D eigenvalue weighted by Crippen LogP contribution is -2.14. The van der Waals surface area contributed by atoms with Gasteiger partial charge in [-0.2, -0.15) is 0 Å². The Morgan fingerprint density at radius 1 is 1.08 bits per heavy atom. The summed E-state index contributed by atoms with van der Waals surface area (Å²) in [7, 11) is 0. The molecule has 0 atom stereocenters. The fourth-order valence-corrected chi connectivity index (χ4v) is 3.23. The van der Waals surface area contributed by atoms with Crippen LogP contribution < -0.4 is 5.32 Å². The molecule has 2 aromatic heterocycles. The molecule has 24 heavy (non-hydrogen) atoms. The van der Waals surface area contributed by atoms with E-state index >= 15 is 0 Å². The minimum Gasteiger partial charge on any atom is -0.342 e. The number of hydrogen-bond acceptors (Lipinski definition) is 4. The van der Waals surface area contributed by atoms with Crippen molar-refractivity contribution in [2.45, 2.75) is 12.1 Å². The zero-order valence-electron chi connectivity index (χ0n) is 13.0. The van der Waals surface area contributed by atoms with Gasteiger partial charge < -0.3 is 15.3 Å². The second-order valence-electron chi connectivity index (χ2n) is 5.45. The third-order valence-electron chi connectivity index (χ3n) is 3.59. The summed E-state index contributed by atoms with van der Waals surface area (Å²) in [4.78, 5) is 27.3. The largest absolute Gasteiger partial charge is 0.342 e. The first-order valence-electron chi connectivity index (χ1n) is 7.51. The van der Waals surface area contributed by atoms with Crippen molar-refractivity contribution in [1.82, 2.24) is 19.9 Å². The van der Waals surface area contributed by atoms with Crippen LogP contribution in [-0.2, 0) is 4.79 Å². The molecule has 0 unspecified atom stereocenters. The highest BCUT2D eigenvalue weighted by atomic mass is 32.2. The lowest BCUT2D eigenvalue weighted by Gasteiger charge is -2.04. The standard InChI is InChI=1S/C17H15N5OS/c1-10-18-14-7-6-11(8-15(14)19-10)20-16(23)9-24-17-21-12-4-2-3-5-13(12)22-17/h2-8H,9H2,1H3,(H,18,19)(H,20,23)(H,21,22). The van der Waals surface area contributed by atoms with E-state index < -0.39 is 0 Å². The molecular formula is C17H15N5OS. The molecule has 0 saturated heterocycles. The molecule has 0 aliphatic rings. The minimum atomic E-state index is -0.0731. The number of rotatable bonds is 4. The van der Waals surface area contributed by atoms with Crippen LogP contribution in [0.25, 0.3) is 22.1 Å².